The largest absolute Gasteiger partial charge is 0.436 e. The molecule has 1 aromatic heterocycles. The van der Waals surface area contributed by atoms with Crippen molar-refractivity contribution in [1.82, 2.24) is 9.29 Å². The van der Waals surface area contributed by atoms with Gasteiger partial charge >= 0.3 is 10.3 Å². The molecule has 0 atom stereocenters. The molecule has 1 heterocycles. The number of fused-ring (bicyclic) bond motifs is 1. The zero-order chi connectivity index (χ0) is 15.7. The molecule has 0 aliphatic heterocycles. The zero-order valence-corrected chi connectivity index (χ0v) is 12.9. The van der Waals surface area contributed by atoms with Gasteiger partial charge < -0.3 is 8.60 Å². The van der Waals surface area contributed by atoms with Gasteiger partial charge in [-0.2, -0.15) is 12.7 Å². The van der Waals surface area contributed by atoms with E-state index in [1.54, 1.807) is 12.1 Å². The van der Waals surface area contributed by atoms with E-state index >= 15 is 0 Å². The van der Waals surface area contributed by atoms with Crippen molar-refractivity contribution in [1.29, 1.82) is 0 Å². The number of benzene rings is 2. The van der Waals surface area contributed by atoms with Crippen LogP contribution in [0.3, 0.4) is 0 Å². The highest BCUT2D eigenvalue weighted by atomic mass is 32.2. The monoisotopic (exact) mass is 318 g/mol. The van der Waals surface area contributed by atoms with Gasteiger partial charge in [0.05, 0.1) is 0 Å². The highest BCUT2D eigenvalue weighted by molar-refractivity contribution is 7.84. The maximum absolute atomic E-state index is 11.7. The highest BCUT2D eigenvalue weighted by Crippen LogP contribution is 2.27. The summed E-state index contributed by atoms with van der Waals surface area (Å²) in [5.41, 5.74) is 1.95. The fourth-order valence-corrected chi connectivity index (χ4v) is 2.35. The van der Waals surface area contributed by atoms with E-state index in [9.17, 15) is 8.42 Å². The van der Waals surface area contributed by atoms with E-state index in [2.05, 4.69) is 4.98 Å². The van der Waals surface area contributed by atoms with Gasteiger partial charge in [-0.25, -0.2) is 4.98 Å². The zero-order valence-electron chi connectivity index (χ0n) is 12.1. The van der Waals surface area contributed by atoms with Crippen molar-refractivity contribution in [2.24, 2.45) is 0 Å². The number of oxazole rings is 1. The van der Waals surface area contributed by atoms with Crippen LogP contribution in [0.2, 0.25) is 0 Å². The third-order valence-corrected chi connectivity index (χ3v) is 4.33. The molecule has 0 aliphatic carbocycles. The Morgan fingerprint density at radius 1 is 1.09 bits per heavy atom. The van der Waals surface area contributed by atoms with Crippen LogP contribution in [0.4, 0.5) is 0 Å². The molecule has 114 valence electrons. The predicted octanol–water partition coefficient (Wildman–Crippen LogP) is 2.68. The molecule has 3 aromatic rings. The van der Waals surface area contributed by atoms with E-state index in [4.69, 9.17) is 8.60 Å². The van der Waals surface area contributed by atoms with Crippen molar-refractivity contribution in [2.75, 3.05) is 14.1 Å². The van der Waals surface area contributed by atoms with Crippen molar-refractivity contribution in [3.63, 3.8) is 0 Å². The standard InChI is InChI=1S/C15H14N2O4S/c1-17(2)22(18,19)21-12-8-9-13-14(10-12)20-15(16-13)11-6-4-3-5-7-11/h3-10H,1-2H3. The summed E-state index contributed by atoms with van der Waals surface area (Å²) in [6, 6.07) is 14.2. The lowest BCUT2D eigenvalue weighted by molar-refractivity contribution is 0.421. The number of aromatic nitrogens is 1. The van der Waals surface area contributed by atoms with Gasteiger partial charge in [0.25, 0.3) is 0 Å². The summed E-state index contributed by atoms with van der Waals surface area (Å²) in [6.45, 7) is 0. The molecular formula is C15H14N2O4S. The van der Waals surface area contributed by atoms with Crippen molar-refractivity contribution >= 4 is 21.4 Å². The van der Waals surface area contributed by atoms with Gasteiger partial charge in [-0.3, -0.25) is 0 Å². The van der Waals surface area contributed by atoms with Gasteiger partial charge in [0.15, 0.2) is 5.58 Å². The van der Waals surface area contributed by atoms with Crippen molar-refractivity contribution < 1.29 is 17.0 Å². The Morgan fingerprint density at radius 2 is 1.82 bits per heavy atom. The summed E-state index contributed by atoms with van der Waals surface area (Å²) in [7, 11) is -0.997. The minimum Gasteiger partial charge on any atom is -0.436 e. The molecule has 6 nitrogen and oxygen atoms in total. The van der Waals surface area contributed by atoms with Crippen LogP contribution in [0.1, 0.15) is 0 Å². The Labute approximate surface area is 128 Å². The molecule has 0 fully saturated rings. The Balaban J connectivity index is 1.98. The SMILES string of the molecule is CN(C)S(=O)(=O)Oc1ccc2nc(-c3ccccc3)oc2c1. The second-order valence-electron chi connectivity index (χ2n) is 4.84. The lowest BCUT2D eigenvalue weighted by Gasteiger charge is -2.11. The highest BCUT2D eigenvalue weighted by Gasteiger charge is 2.17. The Kier molecular flexibility index (Phi) is 3.59. The van der Waals surface area contributed by atoms with Crippen LogP contribution in [-0.2, 0) is 10.3 Å². The fourth-order valence-electron chi connectivity index (χ4n) is 1.86. The summed E-state index contributed by atoms with van der Waals surface area (Å²) in [6.07, 6.45) is 0. The first-order valence-corrected chi connectivity index (χ1v) is 7.90. The third-order valence-electron chi connectivity index (χ3n) is 3.03. The maximum Gasteiger partial charge on any atom is 0.384 e. The van der Waals surface area contributed by atoms with Gasteiger partial charge in [0.1, 0.15) is 11.3 Å². The molecule has 0 amide bonds. The molecule has 0 N–H and O–H groups in total. The first kappa shape index (κ1) is 14.6. The van der Waals surface area contributed by atoms with Crippen LogP contribution in [0, 0.1) is 0 Å². The molecule has 2 aromatic carbocycles. The first-order chi connectivity index (χ1) is 10.5. The number of nitrogens with zero attached hydrogens (tertiary/aromatic N) is 2. The van der Waals surface area contributed by atoms with Gasteiger partial charge in [0.2, 0.25) is 5.89 Å². The average Bonchev–Trinajstić information content (AvgIpc) is 2.91. The summed E-state index contributed by atoms with van der Waals surface area (Å²) in [5, 5.41) is 0. The van der Waals surface area contributed by atoms with Crippen LogP contribution in [0.5, 0.6) is 5.75 Å². The van der Waals surface area contributed by atoms with Crippen molar-refractivity contribution in [3.05, 3.63) is 48.5 Å². The molecule has 0 spiro atoms. The molecule has 0 saturated carbocycles. The van der Waals surface area contributed by atoms with E-state index in [1.807, 2.05) is 30.3 Å². The van der Waals surface area contributed by atoms with Gasteiger partial charge in [0, 0.05) is 25.7 Å². The average molecular weight is 318 g/mol. The number of hydrogen-bond donors (Lipinski definition) is 0. The minimum atomic E-state index is -3.79. The number of rotatable bonds is 4. The lowest BCUT2D eigenvalue weighted by Crippen LogP contribution is -2.26. The number of hydrogen-bond acceptors (Lipinski definition) is 5. The Hall–Kier alpha value is -2.38. The molecule has 3 rings (SSSR count). The van der Waals surface area contributed by atoms with Crippen molar-refractivity contribution in [2.45, 2.75) is 0 Å². The Morgan fingerprint density at radius 3 is 2.50 bits per heavy atom. The summed E-state index contributed by atoms with van der Waals surface area (Å²) < 4.78 is 35.1. The molecule has 22 heavy (non-hydrogen) atoms. The smallest absolute Gasteiger partial charge is 0.384 e. The third kappa shape index (κ3) is 2.81. The quantitative estimate of drug-likeness (QED) is 0.739. The minimum absolute atomic E-state index is 0.178. The molecule has 0 unspecified atom stereocenters. The summed E-state index contributed by atoms with van der Waals surface area (Å²) in [4.78, 5) is 4.37. The molecule has 0 bridgehead atoms. The molecule has 7 heteroatoms. The molecule has 0 saturated heterocycles. The molecular weight excluding hydrogens is 304 g/mol. The normalized spacial score (nSPS) is 12.0. The first-order valence-electron chi connectivity index (χ1n) is 6.54. The van der Waals surface area contributed by atoms with E-state index < -0.39 is 10.3 Å². The Bertz CT molecular complexity index is 902. The van der Waals surface area contributed by atoms with E-state index in [0.29, 0.717) is 17.0 Å². The summed E-state index contributed by atoms with van der Waals surface area (Å²) in [5.74, 6) is 0.653. The van der Waals surface area contributed by atoms with Crippen LogP contribution >= 0.6 is 0 Å². The fraction of sp³-hybridized carbons (Fsp3) is 0.133. The van der Waals surface area contributed by atoms with E-state index in [0.717, 1.165) is 9.87 Å². The van der Waals surface area contributed by atoms with Gasteiger partial charge in [-0.1, -0.05) is 18.2 Å². The van der Waals surface area contributed by atoms with E-state index in [-0.39, 0.29) is 5.75 Å². The summed E-state index contributed by atoms with van der Waals surface area (Å²) >= 11 is 0. The molecule has 0 radical (unpaired) electrons. The second-order valence-corrected chi connectivity index (χ2v) is 6.59. The predicted molar refractivity (Wildman–Crippen MR) is 82.7 cm³/mol. The van der Waals surface area contributed by atoms with Crippen LogP contribution in [-0.4, -0.2) is 31.8 Å². The van der Waals surface area contributed by atoms with Crippen LogP contribution in [0.25, 0.3) is 22.6 Å². The van der Waals surface area contributed by atoms with Crippen LogP contribution < -0.4 is 4.18 Å². The van der Waals surface area contributed by atoms with Crippen LogP contribution in [0.15, 0.2) is 52.9 Å². The lowest BCUT2D eigenvalue weighted by atomic mass is 10.2. The topological polar surface area (TPSA) is 72.6 Å². The second kappa shape index (κ2) is 5.43. The van der Waals surface area contributed by atoms with E-state index in [1.165, 1.54) is 20.2 Å². The maximum atomic E-state index is 11.7. The van der Waals surface area contributed by atoms with Gasteiger partial charge in [-0.05, 0) is 24.3 Å². The van der Waals surface area contributed by atoms with Crippen molar-refractivity contribution in [3.8, 4) is 17.2 Å². The van der Waals surface area contributed by atoms with Gasteiger partial charge in [-0.15, -0.1) is 0 Å². The molecule has 0 aliphatic rings.